The molecule has 0 bridgehead atoms. The Morgan fingerprint density at radius 3 is 2.67 bits per heavy atom. The highest BCUT2D eigenvalue weighted by molar-refractivity contribution is 5.94. The van der Waals surface area contributed by atoms with Gasteiger partial charge in [-0.05, 0) is 38.1 Å². The number of hydrogen-bond acceptors (Lipinski definition) is 5. The Kier molecular flexibility index (Phi) is 5.07. The summed E-state index contributed by atoms with van der Waals surface area (Å²) in [5, 5.41) is -0.000409. The number of aldehydes is 1. The number of fused-ring (bicyclic) bond motifs is 1. The van der Waals surface area contributed by atoms with Crippen LogP contribution in [-0.4, -0.2) is 34.1 Å². The van der Waals surface area contributed by atoms with Crippen LogP contribution in [0.1, 0.15) is 24.2 Å². The SMILES string of the molecule is CCOC(=O)c1cn(NC(C)C=O)c2cc(-n3cccc3)c(F)cc2c1=O. The fourth-order valence-corrected chi connectivity index (χ4v) is 2.74. The molecule has 0 aliphatic heterocycles. The van der Waals surface area contributed by atoms with Gasteiger partial charge in [-0.2, -0.15) is 0 Å². The standard InChI is InChI=1S/C19H18FN3O4/c1-3-27-19(26)14-10-23(21-12(2)11-24)16-9-17(22-6-4-5-7-22)15(20)8-13(16)18(14)25/h4-12,21H,3H2,1-2H3. The van der Waals surface area contributed by atoms with Crippen molar-refractivity contribution in [1.29, 1.82) is 0 Å². The van der Waals surface area contributed by atoms with Crippen LogP contribution in [0, 0.1) is 5.82 Å². The molecule has 0 saturated heterocycles. The van der Waals surface area contributed by atoms with Crippen molar-refractivity contribution in [2.75, 3.05) is 12.0 Å². The highest BCUT2D eigenvalue weighted by Crippen LogP contribution is 2.21. The second kappa shape index (κ2) is 7.45. The first-order valence-corrected chi connectivity index (χ1v) is 8.37. The molecule has 3 rings (SSSR count). The number of carbonyl (C=O) groups excluding carboxylic acids is 2. The fourth-order valence-electron chi connectivity index (χ4n) is 2.74. The molecule has 1 N–H and O–H groups in total. The Morgan fingerprint density at radius 2 is 2.04 bits per heavy atom. The lowest BCUT2D eigenvalue weighted by atomic mass is 10.1. The summed E-state index contributed by atoms with van der Waals surface area (Å²) in [6.45, 7) is 3.32. The molecule has 140 valence electrons. The van der Waals surface area contributed by atoms with Crippen molar-refractivity contribution in [3.63, 3.8) is 0 Å². The van der Waals surface area contributed by atoms with E-state index in [1.807, 2.05) is 0 Å². The number of nitrogens with one attached hydrogen (secondary N) is 1. The molecule has 2 aromatic heterocycles. The van der Waals surface area contributed by atoms with Gasteiger partial charge in [-0.15, -0.1) is 0 Å². The van der Waals surface area contributed by atoms with E-state index in [1.54, 1.807) is 42.9 Å². The van der Waals surface area contributed by atoms with Gasteiger partial charge in [0.1, 0.15) is 17.7 Å². The molecule has 0 aliphatic rings. The zero-order chi connectivity index (χ0) is 19.6. The summed E-state index contributed by atoms with van der Waals surface area (Å²) < 4.78 is 22.5. The molecule has 3 aromatic rings. The van der Waals surface area contributed by atoms with E-state index in [0.717, 1.165) is 6.07 Å². The van der Waals surface area contributed by atoms with E-state index >= 15 is 0 Å². The van der Waals surface area contributed by atoms with Crippen molar-refractivity contribution >= 4 is 23.2 Å². The first kappa shape index (κ1) is 18.4. The fraction of sp³-hybridized carbons (Fsp3) is 0.211. The van der Waals surface area contributed by atoms with E-state index in [0.29, 0.717) is 11.8 Å². The number of aromatic nitrogens is 2. The molecule has 0 aliphatic carbocycles. The van der Waals surface area contributed by atoms with Gasteiger partial charge in [0.05, 0.1) is 29.2 Å². The Morgan fingerprint density at radius 1 is 1.33 bits per heavy atom. The number of benzene rings is 1. The lowest BCUT2D eigenvalue weighted by molar-refractivity contribution is -0.108. The molecule has 0 fully saturated rings. The largest absolute Gasteiger partial charge is 0.462 e. The molecule has 0 saturated carbocycles. The molecule has 8 heteroatoms. The molecule has 1 aromatic carbocycles. The van der Waals surface area contributed by atoms with Crippen LogP contribution < -0.4 is 10.9 Å². The molecule has 0 radical (unpaired) electrons. The summed E-state index contributed by atoms with van der Waals surface area (Å²) in [4.78, 5) is 35.9. The average molecular weight is 371 g/mol. The van der Waals surface area contributed by atoms with Crippen LogP contribution in [0.3, 0.4) is 0 Å². The number of esters is 1. The van der Waals surface area contributed by atoms with Gasteiger partial charge < -0.3 is 19.5 Å². The van der Waals surface area contributed by atoms with E-state index in [1.165, 1.54) is 16.9 Å². The highest BCUT2D eigenvalue weighted by atomic mass is 19.1. The quantitative estimate of drug-likeness (QED) is 0.531. The monoisotopic (exact) mass is 371 g/mol. The molecule has 1 atom stereocenters. The number of carbonyl (C=O) groups is 2. The third-order valence-corrected chi connectivity index (χ3v) is 4.00. The third-order valence-electron chi connectivity index (χ3n) is 4.00. The number of halogens is 1. The maximum atomic E-state index is 14.6. The first-order valence-electron chi connectivity index (χ1n) is 8.37. The molecular formula is C19H18FN3O4. The van der Waals surface area contributed by atoms with Crippen molar-refractivity contribution in [3.05, 3.63) is 64.5 Å². The van der Waals surface area contributed by atoms with E-state index in [9.17, 15) is 18.8 Å². The molecule has 0 amide bonds. The Balaban J connectivity index is 2.30. The summed E-state index contributed by atoms with van der Waals surface area (Å²) in [5.74, 6) is -1.43. The average Bonchev–Trinajstić information content (AvgIpc) is 3.18. The van der Waals surface area contributed by atoms with Crippen LogP contribution in [0.2, 0.25) is 0 Å². The van der Waals surface area contributed by atoms with Crippen LogP contribution >= 0.6 is 0 Å². The van der Waals surface area contributed by atoms with Crippen molar-refractivity contribution in [2.24, 2.45) is 0 Å². The summed E-state index contributed by atoms with van der Waals surface area (Å²) in [5.41, 5.74) is 2.53. The van der Waals surface area contributed by atoms with Gasteiger partial charge >= 0.3 is 5.97 Å². The van der Waals surface area contributed by atoms with Crippen molar-refractivity contribution in [3.8, 4) is 5.69 Å². The first-order chi connectivity index (χ1) is 13.0. The molecule has 1 unspecified atom stereocenters. The van der Waals surface area contributed by atoms with E-state index in [2.05, 4.69) is 5.43 Å². The maximum Gasteiger partial charge on any atom is 0.343 e. The van der Waals surface area contributed by atoms with Gasteiger partial charge in [0.2, 0.25) is 5.43 Å². The lowest BCUT2D eigenvalue weighted by Gasteiger charge is -2.18. The van der Waals surface area contributed by atoms with Gasteiger partial charge in [0.25, 0.3) is 0 Å². The second-order valence-electron chi connectivity index (χ2n) is 5.93. The van der Waals surface area contributed by atoms with Gasteiger partial charge in [0.15, 0.2) is 0 Å². The van der Waals surface area contributed by atoms with Crippen LogP contribution in [0.5, 0.6) is 0 Å². The second-order valence-corrected chi connectivity index (χ2v) is 5.93. The van der Waals surface area contributed by atoms with Crippen LogP contribution in [-0.2, 0) is 9.53 Å². The molecule has 27 heavy (non-hydrogen) atoms. The topological polar surface area (TPSA) is 82.3 Å². The molecule has 2 heterocycles. The normalized spacial score (nSPS) is 12.0. The molecular weight excluding hydrogens is 353 g/mol. The lowest BCUT2D eigenvalue weighted by Crippen LogP contribution is -2.30. The number of pyridine rings is 1. The number of rotatable bonds is 6. The van der Waals surface area contributed by atoms with E-state index in [4.69, 9.17) is 4.74 Å². The molecule has 7 nitrogen and oxygen atoms in total. The summed E-state index contributed by atoms with van der Waals surface area (Å²) in [6, 6.07) is 5.44. The van der Waals surface area contributed by atoms with Crippen molar-refractivity contribution < 1.29 is 18.7 Å². The Labute approximate surface area is 153 Å². The summed E-state index contributed by atoms with van der Waals surface area (Å²) in [6.07, 6.45) is 5.27. The number of ether oxygens (including phenoxy) is 1. The van der Waals surface area contributed by atoms with Crippen molar-refractivity contribution in [2.45, 2.75) is 19.9 Å². The summed E-state index contributed by atoms with van der Waals surface area (Å²) >= 11 is 0. The number of nitrogens with zero attached hydrogens (tertiary/aromatic N) is 2. The van der Waals surface area contributed by atoms with Crippen LogP contribution in [0.4, 0.5) is 4.39 Å². The highest BCUT2D eigenvalue weighted by Gasteiger charge is 2.19. The zero-order valence-corrected chi connectivity index (χ0v) is 14.8. The predicted molar refractivity (Wildman–Crippen MR) is 98.3 cm³/mol. The van der Waals surface area contributed by atoms with Gasteiger partial charge in [0, 0.05) is 18.6 Å². The smallest absolute Gasteiger partial charge is 0.343 e. The maximum absolute atomic E-state index is 14.6. The van der Waals surface area contributed by atoms with E-state index in [-0.39, 0.29) is 23.2 Å². The number of hydrogen-bond donors (Lipinski definition) is 1. The minimum absolute atomic E-state index is 0.000409. The minimum atomic E-state index is -0.811. The Hall–Kier alpha value is -3.42. The molecule has 0 spiro atoms. The minimum Gasteiger partial charge on any atom is -0.462 e. The third kappa shape index (κ3) is 3.46. The zero-order valence-electron chi connectivity index (χ0n) is 14.8. The van der Waals surface area contributed by atoms with Crippen molar-refractivity contribution in [1.82, 2.24) is 9.24 Å². The van der Waals surface area contributed by atoms with Crippen LogP contribution in [0.15, 0.2) is 47.7 Å². The van der Waals surface area contributed by atoms with Gasteiger partial charge in [-0.3, -0.25) is 9.47 Å². The van der Waals surface area contributed by atoms with E-state index < -0.39 is 23.3 Å². The van der Waals surface area contributed by atoms with Gasteiger partial charge in [-0.1, -0.05) is 0 Å². The van der Waals surface area contributed by atoms with Crippen LogP contribution in [0.25, 0.3) is 16.6 Å². The summed E-state index contributed by atoms with van der Waals surface area (Å²) in [7, 11) is 0. The Bertz CT molecular complexity index is 1060. The van der Waals surface area contributed by atoms with Gasteiger partial charge in [-0.25, -0.2) is 9.18 Å². The predicted octanol–water partition coefficient (Wildman–Crippen LogP) is 2.24.